The van der Waals surface area contributed by atoms with E-state index in [-0.39, 0.29) is 24.4 Å². The van der Waals surface area contributed by atoms with Crippen molar-refractivity contribution in [2.45, 2.75) is 25.1 Å². The van der Waals surface area contributed by atoms with Gasteiger partial charge in [-0.3, -0.25) is 0 Å². The second-order valence-electron chi connectivity index (χ2n) is 4.43. The molecule has 2 rings (SSSR count). The van der Waals surface area contributed by atoms with Gasteiger partial charge in [0, 0.05) is 12.6 Å². The minimum absolute atomic E-state index is 0.193. The first-order valence-corrected chi connectivity index (χ1v) is 6.98. The fourth-order valence-corrected chi connectivity index (χ4v) is 4.17. The summed E-state index contributed by atoms with van der Waals surface area (Å²) in [5.41, 5.74) is 0. The van der Waals surface area contributed by atoms with Gasteiger partial charge < -0.3 is 5.32 Å². The molecule has 0 aliphatic carbocycles. The number of fused-ring (bicyclic) bond motifs is 1. The van der Waals surface area contributed by atoms with Crippen LogP contribution in [0.3, 0.4) is 0 Å². The Hall–Kier alpha value is -0.270. The third-order valence-corrected chi connectivity index (χ3v) is 5.16. The highest BCUT2D eigenvalue weighted by Gasteiger charge is 2.49. The minimum Gasteiger partial charge on any atom is -0.316 e. The molecule has 2 fully saturated rings. The maximum Gasteiger partial charge on any atom is 0.350 e. The van der Waals surface area contributed by atoms with E-state index in [0.717, 1.165) is 17.4 Å². The maximum atomic E-state index is 12.5. The third-order valence-electron chi connectivity index (χ3n) is 3.64. The van der Waals surface area contributed by atoms with Gasteiger partial charge in [-0.1, -0.05) is 6.92 Å². The fourth-order valence-electron chi connectivity index (χ4n) is 2.89. The summed E-state index contributed by atoms with van der Waals surface area (Å²) in [5.74, 6) is -2.91. The second-order valence-corrected chi connectivity index (χ2v) is 6.29. The Morgan fingerprint density at radius 3 is 2.69 bits per heavy atom. The van der Waals surface area contributed by atoms with Crippen molar-refractivity contribution in [2.24, 2.45) is 11.8 Å². The van der Waals surface area contributed by atoms with E-state index in [1.807, 2.05) is 6.92 Å². The summed E-state index contributed by atoms with van der Waals surface area (Å²) in [4.78, 5) is 0. The quantitative estimate of drug-likeness (QED) is 0.796. The number of alkyl halides is 2. The van der Waals surface area contributed by atoms with Gasteiger partial charge in [-0.05, 0) is 31.3 Å². The molecule has 16 heavy (non-hydrogen) atoms. The molecule has 94 valence electrons. The van der Waals surface area contributed by atoms with E-state index in [9.17, 15) is 17.2 Å². The number of sulfonamides is 1. The zero-order valence-corrected chi connectivity index (χ0v) is 9.88. The molecule has 0 spiro atoms. The van der Waals surface area contributed by atoms with Gasteiger partial charge in [-0.2, -0.15) is 13.1 Å². The van der Waals surface area contributed by atoms with E-state index in [0.29, 0.717) is 6.42 Å². The lowest BCUT2D eigenvalue weighted by Crippen LogP contribution is -2.42. The van der Waals surface area contributed by atoms with Crippen LogP contribution in [0.15, 0.2) is 0 Å². The van der Waals surface area contributed by atoms with Crippen LogP contribution in [0.1, 0.15) is 13.3 Å². The predicted molar refractivity (Wildman–Crippen MR) is 55.6 cm³/mol. The summed E-state index contributed by atoms with van der Waals surface area (Å²) in [6, 6.07) is -0.265. The molecule has 0 aromatic rings. The predicted octanol–water partition coefficient (Wildman–Crippen LogP) is 0.469. The van der Waals surface area contributed by atoms with Crippen molar-refractivity contribution >= 4 is 10.0 Å². The molecule has 0 aromatic heterocycles. The summed E-state index contributed by atoms with van der Waals surface area (Å²) in [7, 11) is -4.41. The fraction of sp³-hybridized carbons (Fsp3) is 1.00. The molecular formula is C9H16F2N2O2S. The molecule has 2 heterocycles. The SMILES string of the molecule is CCC1C2CNCC2CN1S(=O)(=O)C(F)F. The van der Waals surface area contributed by atoms with E-state index in [2.05, 4.69) is 5.32 Å². The maximum absolute atomic E-state index is 12.5. The first kappa shape index (κ1) is 12.2. The molecular weight excluding hydrogens is 238 g/mol. The average molecular weight is 254 g/mol. The van der Waals surface area contributed by atoms with Gasteiger partial charge in [0.05, 0.1) is 0 Å². The van der Waals surface area contributed by atoms with Crippen LogP contribution in [0.2, 0.25) is 0 Å². The monoisotopic (exact) mass is 254 g/mol. The first-order valence-electron chi connectivity index (χ1n) is 5.48. The van der Waals surface area contributed by atoms with E-state index in [1.165, 1.54) is 0 Å². The van der Waals surface area contributed by atoms with Crippen LogP contribution in [-0.2, 0) is 10.0 Å². The van der Waals surface area contributed by atoms with Crippen LogP contribution in [0.25, 0.3) is 0 Å². The molecule has 0 radical (unpaired) electrons. The molecule has 0 aromatic carbocycles. The topological polar surface area (TPSA) is 49.4 Å². The Labute approximate surface area is 94.0 Å². The molecule has 3 atom stereocenters. The molecule has 7 heteroatoms. The second kappa shape index (κ2) is 4.19. The van der Waals surface area contributed by atoms with E-state index < -0.39 is 15.8 Å². The lowest BCUT2D eigenvalue weighted by atomic mass is 9.93. The summed E-state index contributed by atoms with van der Waals surface area (Å²) in [5, 5.41) is 3.18. The van der Waals surface area contributed by atoms with Crippen LogP contribution >= 0.6 is 0 Å². The average Bonchev–Trinajstić information content (AvgIpc) is 2.75. The normalized spacial score (nSPS) is 35.9. The molecule has 4 nitrogen and oxygen atoms in total. The van der Waals surface area contributed by atoms with Crippen molar-refractivity contribution in [2.75, 3.05) is 19.6 Å². The standard InChI is InChI=1S/C9H16F2N2O2S/c1-2-8-7-4-12-3-6(7)5-13(8)16(14,15)9(10)11/h6-9,12H,2-5H2,1H3. The summed E-state index contributed by atoms with van der Waals surface area (Å²) >= 11 is 0. The van der Waals surface area contributed by atoms with Crippen molar-refractivity contribution in [3.05, 3.63) is 0 Å². The number of nitrogens with one attached hydrogen (secondary N) is 1. The highest BCUT2D eigenvalue weighted by molar-refractivity contribution is 7.89. The van der Waals surface area contributed by atoms with Crippen molar-refractivity contribution in [3.8, 4) is 0 Å². The van der Waals surface area contributed by atoms with Crippen molar-refractivity contribution in [1.29, 1.82) is 0 Å². The van der Waals surface area contributed by atoms with Crippen LogP contribution in [-0.4, -0.2) is 44.2 Å². The van der Waals surface area contributed by atoms with Crippen LogP contribution in [0.4, 0.5) is 8.78 Å². The Kier molecular flexibility index (Phi) is 3.20. The number of halogens is 2. The van der Waals surface area contributed by atoms with E-state index in [1.54, 1.807) is 0 Å². The van der Waals surface area contributed by atoms with Crippen LogP contribution in [0.5, 0.6) is 0 Å². The number of hydrogen-bond donors (Lipinski definition) is 1. The van der Waals surface area contributed by atoms with Gasteiger partial charge in [0.25, 0.3) is 10.0 Å². The van der Waals surface area contributed by atoms with Gasteiger partial charge in [-0.25, -0.2) is 8.42 Å². The van der Waals surface area contributed by atoms with Crippen LogP contribution < -0.4 is 5.32 Å². The van der Waals surface area contributed by atoms with Crippen molar-refractivity contribution < 1.29 is 17.2 Å². The molecule has 2 saturated heterocycles. The van der Waals surface area contributed by atoms with Gasteiger partial charge in [0.1, 0.15) is 0 Å². The Morgan fingerprint density at radius 1 is 1.44 bits per heavy atom. The van der Waals surface area contributed by atoms with Crippen molar-refractivity contribution in [3.63, 3.8) is 0 Å². The lowest BCUT2D eigenvalue weighted by molar-refractivity contribution is 0.212. The van der Waals surface area contributed by atoms with Gasteiger partial charge >= 0.3 is 5.76 Å². The van der Waals surface area contributed by atoms with Crippen molar-refractivity contribution in [1.82, 2.24) is 9.62 Å². The molecule has 0 saturated carbocycles. The van der Waals surface area contributed by atoms with E-state index in [4.69, 9.17) is 0 Å². The molecule has 2 aliphatic heterocycles. The molecule has 0 amide bonds. The summed E-state index contributed by atoms with van der Waals surface area (Å²) in [6.07, 6.45) is 0.592. The highest BCUT2D eigenvalue weighted by Crippen LogP contribution is 2.37. The van der Waals surface area contributed by atoms with Gasteiger partial charge in [0.2, 0.25) is 0 Å². The zero-order chi connectivity index (χ0) is 11.9. The smallest absolute Gasteiger partial charge is 0.316 e. The largest absolute Gasteiger partial charge is 0.350 e. The third kappa shape index (κ3) is 1.74. The Balaban J connectivity index is 2.24. The summed E-state index contributed by atoms with van der Waals surface area (Å²) in [6.45, 7) is 3.55. The number of rotatable bonds is 3. The molecule has 2 aliphatic rings. The Bertz CT molecular complexity index is 361. The van der Waals surface area contributed by atoms with E-state index >= 15 is 0 Å². The highest BCUT2D eigenvalue weighted by atomic mass is 32.2. The van der Waals surface area contributed by atoms with Crippen LogP contribution in [0, 0.1) is 11.8 Å². The zero-order valence-electron chi connectivity index (χ0n) is 9.07. The summed E-state index contributed by atoms with van der Waals surface area (Å²) < 4.78 is 49.0. The number of hydrogen-bond acceptors (Lipinski definition) is 3. The Morgan fingerprint density at radius 2 is 2.12 bits per heavy atom. The van der Waals surface area contributed by atoms with Gasteiger partial charge in [-0.15, -0.1) is 0 Å². The minimum atomic E-state index is -4.41. The first-order chi connectivity index (χ1) is 7.48. The van der Waals surface area contributed by atoms with Gasteiger partial charge in [0.15, 0.2) is 0 Å². The molecule has 0 bridgehead atoms. The number of nitrogens with zero attached hydrogens (tertiary/aromatic N) is 1. The molecule has 3 unspecified atom stereocenters. The lowest BCUT2D eigenvalue weighted by Gasteiger charge is -2.25. The molecule has 1 N–H and O–H groups in total.